The SMILES string of the molecule is O=C(NCC1(N2CCOCC2)CCCCC1)c1sccc1-c1ccccc1. The Morgan fingerprint density at radius 1 is 1.07 bits per heavy atom. The van der Waals surface area contributed by atoms with Crippen LogP contribution in [-0.4, -0.2) is 49.2 Å². The summed E-state index contributed by atoms with van der Waals surface area (Å²) in [6.45, 7) is 4.30. The van der Waals surface area contributed by atoms with Crippen LogP contribution < -0.4 is 5.32 Å². The summed E-state index contributed by atoms with van der Waals surface area (Å²) in [5, 5.41) is 5.30. The van der Waals surface area contributed by atoms with Crippen molar-refractivity contribution in [1.29, 1.82) is 0 Å². The maximum atomic E-state index is 13.0. The van der Waals surface area contributed by atoms with E-state index in [9.17, 15) is 4.79 Å². The fraction of sp³-hybridized carbons (Fsp3) is 0.500. The molecule has 2 aliphatic rings. The Hall–Kier alpha value is -1.69. The molecule has 144 valence electrons. The molecule has 1 saturated carbocycles. The highest BCUT2D eigenvalue weighted by Gasteiger charge is 2.39. The van der Waals surface area contributed by atoms with Crippen molar-refractivity contribution in [3.05, 3.63) is 46.7 Å². The molecule has 1 aromatic heterocycles. The van der Waals surface area contributed by atoms with E-state index in [1.165, 1.54) is 43.4 Å². The Kier molecular flexibility index (Phi) is 5.91. The summed E-state index contributed by atoms with van der Waals surface area (Å²) in [5.74, 6) is 0.0575. The minimum absolute atomic E-state index is 0.0575. The van der Waals surface area contributed by atoms with Crippen LogP contribution >= 0.6 is 11.3 Å². The monoisotopic (exact) mass is 384 g/mol. The first kappa shape index (κ1) is 18.7. The number of thiophene rings is 1. The second kappa shape index (κ2) is 8.55. The molecular weight excluding hydrogens is 356 g/mol. The number of benzene rings is 1. The van der Waals surface area contributed by atoms with Gasteiger partial charge in [0, 0.05) is 30.7 Å². The molecule has 4 rings (SSSR count). The third-order valence-electron chi connectivity index (χ3n) is 6.00. The van der Waals surface area contributed by atoms with Gasteiger partial charge in [0.1, 0.15) is 0 Å². The molecule has 2 fully saturated rings. The van der Waals surface area contributed by atoms with Crippen LogP contribution in [0.25, 0.3) is 11.1 Å². The first-order valence-corrected chi connectivity index (χ1v) is 10.9. The van der Waals surface area contributed by atoms with Gasteiger partial charge >= 0.3 is 0 Å². The van der Waals surface area contributed by atoms with E-state index < -0.39 is 0 Å². The smallest absolute Gasteiger partial charge is 0.262 e. The maximum Gasteiger partial charge on any atom is 0.262 e. The van der Waals surface area contributed by atoms with E-state index in [0.717, 1.165) is 48.9 Å². The standard InChI is InChI=1S/C22H28N2O2S/c25-21(20-19(9-16-27-20)18-7-3-1-4-8-18)23-17-22(10-5-2-6-11-22)24-12-14-26-15-13-24/h1,3-4,7-9,16H,2,5-6,10-15,17H2,(H,23,25). The summed E-state index contributed by atoms with van der Waals surface area (Å²) >= 11 is 1.53. The van der Waals surface area contributed by atoms with Crippen LogP contribution in [0.2, 0.25) is 0 Å². The summed E-state index contributed by atoms with van der Waals surface area (Å²) in [6.07, 6.45) is 6.15. The number of carbonyl (C=O) groups excluding carboxylic acids is 1. The van der Waals surface area contributed by atoms with Gasteiger partial charge in [-0.1, -0.05) is 49.6 Å². The normalized spacial score (nSPS) is 20.3. The zero-order valence-corrected chi connectivity index (χ0v) is 16.6. The third kappa shape index (κ3) is 4.10. The first-order valence-electron chi connectivity index (χ1n) is 10.0. The molecule has 1 aliphatic carbocycles. The summed E-state index contributed by atoms with van der Waals surface area (Å²) in [4.78, 5) is 16.4. The van der Waals surface area contributed by atoms with Crippen molar-refractivity contribution >= 4 is 17.2 Å². The van der Waals surface area contributed by atoms with Gasteiger partial charge < -0.3 is 10.1 Å². The average molecular weight is 385 g/mol. The second-order valence-corrected chi connectivity index (χ2v) is 8.51. The molecule has 1 amide bonds. The average Bonchev–Trinajstić information content (AvgIpc) is 3.24. The lowest BCUT2D eigenvalue weighted by Gasteiger charge is -2.48. The van der Waals surface area contributed by atoms with Crippen LogP contribution in [0.3, 0.4) is 0 Å². The Morgan fingerprint density at radius 3 is 2.56 bits per heavy atom. The number of nitrogens with zero attached hydrogens (tertiary/aromatic N) is 1. The lowest BCUT2D eigenvalue weighted by Crippen LogP contribution is -2.59. The molecule has 0 unspecified atom stereocenters. The number of rotatable bonds is 5. The lowest BCUT2D eigenvalue weighted by atomic mass is 9.79. The maximum absolute atomic E-state index is 13.0. The highest BCUT2D eigenvalue weighted by atomic mass is 32.1. The number of carbonyl (C=O) groups is 1. The predicted molar refractivity (Wildman–Crippen MR) is 110 cm³/mol. The highest BCUT2D eigenvalue weighted by molar-refractivity contribution is 7.12. The molecule has 5 heteroatoms. The molecular formula is C22H28N2O2S. The van der Waals surface area contributed by atoms with Crippen LogP contribution in [-0.2, 0) is 4.74 Å². The number of hydrogen-bond acceptors (Lipinski definition) is 4. The van der Waals surface area contributed by atoms with Crippen LogP contribution in [0.15, 0.2) is 41.8 Å². The van der Waals surface area contributed by atoms with E-state index in [-0.39, 0.29) is 11.4 Å². The Labute approximate surface area is 165 Å². The lowest BCUT2D eigenvalue weighted by molar-refractivity contribution is -0.0361. The first-order chi connectivity index (χ1) is 13.3. The molecule has 0 radical (unpaired) electrons. The Balaban J connectivity index is 1.48. The van der Waals surface area contributed by atoms with Crippen molar-refractivity contribution in [3.8, 4) is 11.1 Å². The van der Waals surface area contributed by atoms with Crippen molar-refractivity contribution in [3.63, 3.8) is 0 Å². The van der Waals surface area contributed by atoms with Gasteiger partial charge in [0.15, 0.2) is 0 Å². The molecule has 2 heterocycles. The van der Waals surface area contributed by atoms with Gasteiger partial charge in [0.2, 0.25) is 0 Å². The molecule has 1 aliphatic heterocycles. The van der Waals surface area contributed by atoms with E-state index in [2.05, 4.69) is 22.3 Å². The highest BCUT2D eigenvalue weighted by Crippen LogP contribution is 2.34. The molecule has 1 saturated heterocycles. The van der Waals surface area contributed by atoms with Crippen molar-refractivity contribution in [2.45, 2.75) is 37.6 Å². The van der Waals surface area contributed by atoms with Gasteiger partial charge in [0.25, 0.3) is 5.91 Å². The van der Waals surface area contributed by atoms with E-state index >= 15 is 0 Å². The number of morpholine rings is 1. The summed E-state index contributed by atoms with van der Waals surface area (Å²) in [6, 6.07) is 12.2. The van der Waals surface area contributed by atoms with Crippen molar-refractivity contribution in [2.24, 2.45) is 0 Å². The minimum atomic E-state index is 0.0575. The summed E-state index contributed by atoms with van der Waals surface area (Å²) in [7, 11) is 0. The van der Waals surface area contributed by atoms with Crippen molar-refractivity contribution in [2.75, 3.05) is 32.8 Å². The van der Waals surface area contributed by atoms with Crippen LogP contribution in [0.4, 0.5) is 0 Å². The molecule has 4 nitrogen and oxygen atoms in total. The molecule has 1 N–H and O–H groups in total. The number of hydrogen-bond donors (Lipinski definition) is 1. The van der Waals surface area contributed by atoms with Crippen LogP contribution in [0.1, 0.15) is 41.8 Å². The minimum Gasteiger partial charge on any atom is -0.379 e. The van der Waals surface area contributed by atoms with E-state index in [0.29, 0.717) is 0 Å². The number of nitrogens with one attached hydrogen (secondary N) is 1. The Morgan fingerprint density at radius 2 is 1.81 bits per heavy atom. The second-order valence-electron chi connectivity index (χ2n) is 7.60. The van der Waals surface area contributed by atoms with Gasteiger partial charge in [-0.25, -0.2) is 0 Å². The molecule has 0 spiro atoms. The number of ether oxygens (including phenoxy) is 1. The molecule has 27 heavy (non-hydrogen) atoms. The van der Waals surface area contributed by atoms with Gasteiger partial charge in [-0.2, -0.15) is 0 Å². The van der Waals surface area contributed by atoms with Gasteiger partial charge in [0.05, 0.1) is 18.1 Å². The summed E-state index contributed by atoms with van der Waals surface area (Å²) < 4.78 is 5.56. The fourth-order valence-corrected chi connectivity index (χ4v) is 5.34. The Bertz CT molecular complexity index is 747. The summed E-state index contributed by atoms with van der Waals surface area (Å²) in [5.41, 5.74) is 2.23. The zero-order valence-electron chi connectivity index (χ0n) is 15.8. The van der Waals surface area contributed by atoms with Crippen molar-refractivity contribution < 1.29 is 9.53 Å². The largest absolute Gasteiger partial charge is 0.379 e. The molecule has 0 atom stereocenters. The quantitative estimate of drug-likeness (QED) is 0.841. The molecule has 0 bridgehead atoms. The zero-order chi connectivity index (χ0) is 18.5. The third-order valence-corrected chi connectivity index (χ3v) is 6.91. The van der Waals surface area contributed by atoms with Crippen LogP contribution in [0.5, 0.6) is 0 Å². The van der Waals surface area contributed by atoms with Gasteiger partial charge in [-0.05, 0) is 29.9 Å². The van der Waals surface area contributed by atoms with Gasteiger partial charge in [-0.15, -0.1) is 11.3 Å². The van der Waals surface area contributed by atoms with E-state index in [4.69, 9.17) is 4.74 Å². The molecule has 2 aromatic rings. The van der Waals surface area contributed by atoms with Crippen LogP contribution in [0, 0.1) is 0 Å². The van der Waals surface area contributed by atoms with Crippen molar-refractivity contribution in [1.82, 2.24) is 10.2 Å². The van der Waals surface area contributed by atoms with E-state index in [1.54, 1.807) is 0 Å². The molecule has 1 aromatic carbocycles. The fourth-order valence-electron chi connectivity index (χ4n) is 4.51. The van der Waals surface area contributed by atoms with E-state index in [1.807, 2.05) is 29.6 Å². The topological polar surface area (TPSA) is 41.6 Å². The van der Waals surface area contributed by atoms with Gasteiger partial charge in [-0.3, -0.25) is 9.69 Å². The predicted octanol–water partition coefficient (Wildman–Crippen LogP) is 4.18. The number of amides is 1.